The summed E-state index contributed by atoms with van der Waals surface area (Å²) in [5.41, 5.74) is 0.893. The molecule has 3 aliphatic rings. The maximum Gasteiger partial charge on any atom is 0.254 e. The molecule has 1 aromatic heterocycles. The predicted octanol–water partition coefficient (Wildman–Crippen LogP) is 3.31. The van der Waals surface area contributed by atoms with Gasteiger partial charge in [-0.05, 0) is 38.9 Å². The number of hydrogen-bond donors (Lipinski definition) is 2. The number of amides is 2. The molecule has 1 atom stereocenters. The summed E-state index contributed by atoms with van der Waals surface area (Å²) in [5, 5.41) is 5.99. The maximum absolute atomic E-state index is 15.1. The molecule has 1 aromatic carbocycles. The fraction of sp³-hybridized carbons (Fsp3) is 0.556. The topological polar surface area (TPSA) is 103 Å². The predicted molar refractivity (Wildman–Crippen MR) is 144 cm³/mol. The van der Waals surface area contributed by atoms with Crippen LogP contribution in [0.3, 0.4) is 0 Å². The van der Waals surface area contributed by atoms with Crippen molar-refractivity contribution in [1.82, 2.24) is 20.2 Å². The van der Waals surface area contributed by atoms with Crippen molar-refractivity contribution in [1.29, 1.82) is 0 Å². The Labute approximate surface area is 222 Å². The van der Waals surface area contributed by atoms with E-state index in [4.69, 9.17) is 9.72 Å². The molecule has 10 nitrogen and oxygen atoms in total. The van der Waals surface area contributed by atoms with Crippen LogP contribution in [0.25, 0.3) is 0 Å². The minimum Gasteiger partial charge on any atom is -0.495 e. The first-order valence-electron chi connectivity index (χ1n) is 13.4. The molecule has 38 heavy (non-hydrogen) atoms. The molecule has 11 heteroatoms. The van der Waals surface area contributed by atoms with Crippen molar-refractivity contribution in [2.75, 3.05) is 56.0 Å². The summed E-state index contributed by atoms with van der Waals surface area (Å²) in [6.07, 6.45) is 8.53. The smallest absolute Gasteiger partial charge is 0.254 e. The fourth-order valence-corrected chi connectivity index (χ4v) is 5.68. The highest BCUT2D eigenvalue weighted by molar-refractivity contribution is 5.97. The molecule has 1 saturated heterocycles. The van der Waals surface area contributed by atoms with E-state index in [1.165, 1.54) is 25.7 Å². The van der Waals surface area contributed by atoms with E-state index >= 15 is 4.39 Å². The quantitative estimate of drug-likeness (QED) is 0.592. The third kappa shape index (κ3) is 5.38. The van der Waals surface area contributed by atoms with E-state index in [0.717, 1.165) is 45.2 Å². The monoisotopic (exact) mass is 525 g/mol. The van der Waals surface area contributed by atoms with Gasteiger partial charge in [-0.1, -0.05) is 19.3 Å². The third-order valence-electron chi connectivity index (χ3n) is 7.85. The van der Waals surface area contributed by atoms with Gasteiger partial charge in [-0.15, -0.1) is 0 Å². The number of methoxy groups -OCH3 is 1. The van der Waals surface area contributed by atoms with Crippen molar-refractivity contribution in [3.63, 3.8) is 0 Å². The van der Waals surface area contributed by atoms with E-state index in [2.05, 4.69) is 25.4 Å². The van der Waals surface area contributed by atoms with Crippen LogP contribution in [0.4, 0.5) is 27.5 Å². The number of fused-ring (bicyclic) bond motifs is 1. The average molecular weight is 526 g/mol. The maximum atomic E-state index is 15.1. The lowest BCUT2D eigenvalue weighted by Gasteiger charge is -2.35. The standard InChI is InChI=1S/C27H36FN7O3/c1-33-11-9-17(16-33)30-26(37)19-13-23(38-3)21(14-20(19)28)31-27-29-15-22-25(32-27)35(12-10-24(36)34(22)2)18-7-5-4-6-8-18/h13-15,17-18H,4-12,16H2,1-3H3,(H,30,37)(H,29,31,32)/t17-/m1/s1. The minimum absolute atomic E-state index is 0.0132. The first-order chi connectivity index (χ1) is 18.3. The van der Waals surface area contributed by atoms with E-state index in [1.54, 1.807) is 18.1 Å². The van der Waals surface area contributed by atoms with Gasteiger partial charge in [0.25, 0.3) is 5.91 Å². The van der Waals surface area contributed by atoms with Gasteiger partial charge >= 0.3 is 0 Å². The van der Waals surface area contributed by atoms with E-state index in [9.17, 15) is 9.59 Å². The van der Waals surface area contributed by atoms with Gasteiger partial charge in [-0.2, -0.15) is 4.98 Å². The number of anilines is 4. The summed E-state index contributed by atoms with van der Waals surface area (Å²) in [5.74, 6) is 0.146. The Bertz CT molecular complexity index is 1200. The molecule has 0 bridgehead atoms. The van der Waals surface area contributed by atoms with Crippen molar-refractivity contribution in [3.8, 4) is 5.75 Å². The molecule has 5 rings (SSSR count). The van der Waals surface area contributed by atoms with Crippen LogP contribution in [0.5, 0.6) is 5.75 Å². The molecule has 2 fully saturated rings. The SMILES string of the molecule is COc1cc(C(=O)N[C@@H]2CCN(C)C2)c(F)cc1Nc1ncc2c(n1)N(C1CCCCC1)CCC(=O)N2C. The van der Waals surface area contributed by atoms with Gasteiger partial charge in [0, 0.05) is 44.7 Å². The Kier molecular flexibility index (Phi) is 7.64. The second-order valence-corrected chi connectivity index (χ2v) is 10.5. The highest BCUT2D eigenvalue weighted by Crippen LogP contribution is 2.37. The Balaban J connectivity index is 1.41. The van der Waals surface area contributed by atoms with E-state index in [0.29, 0.717) is 41.9 Å². The van der Waals surface area contributed by atoms with Gasteiger partial charge in [0.2, 0.25) is 11.9 Å². The fourth-order valence-electron chi connectivity index (χ4n) is 5.68. The molecule has 0 unspecified atom stereocenters. The number of hydrogen-bond acceptors (Lipinski definition) is 8. The zero-order valence-electron chi connectivity index (χ0n) is 22.3. The van der Waals surface area contributed by atoms with Gasteiger partial charge in [0.1, 0.15) is 17.3 Å². The number of aromatic nitrogens is 2. The lowest BCUT2D eigenvalue weighted by atomic mass is 9.94. The van der Waals surface area contributed by atoms with Crippen LogP contribution in [-0.2, 0) is 4.79 Å². The van der Waals surface area contributed by atoms with E-state index < -0.39 is 11.7 Å². The molecule has 2 aromatic rings. The molecule has 0 radical (unpaired) electrons. The molecule has 2 aliphatic heterocycles. The van der Waals surface area contributed by atoms with Crippen LogP contribution < -0.4 is 25.2 Å². The zero-order chi connectivity index (χ0) is 26.8. The van der Waals surface area contributed by atoms with Crippen molar-refractivity contribution >= 4 is 35.0 Å². The summed E-state index contributed by atoms with van der Waals surface area (Å²) < 4.78 is 20.6. The number of likely N-dealkylation sites (N-methyl/N-ethyl adjacent to an activating group) is 1. The van der Waals surface area contributed by atoms with Crippen LogP contribution in [0.15, 0.2) is 18.3 Å². The van der Waals surface area contributed by atoms with E-state index in [-0.39, 0.29) is 23.5 Å². The summed E-state index contributed by atoms with van der Waals surface area (Å²) >= 11 is 0. The van der Waals surface area contributed by atoms with Gasteiger partial charge in [-0.25, -0.2) is 9.37 Å². The number of ether oxygens (including phenoxy) is 1. The van der Waals surface area contributed by atoms with Gasteiger partial charge in [-0.3, -0.25) is 9.59 Å². The van der Waals surface area contributed by atoms with Crippen LogP contribution in [0.2, 0.25) is 0 Å². The Morgan fingerprint density at radius 2 is 1.92 bits per heavy atom. The number of carbonyl (C=O) groups excluding carboxylic acids is 2. The summed E-state index contributed by atoms with van der Waals surface area (Å²) in [7, 11) is 5.20. The van der Waals surface area contributed by atoms with Crippen LogP contribution in [0, 0.1) is 5.82 Å². The van der Waals surface area contributed by atoms with E-state index in [1.807, 2.05) is 7.05 Å². The number of nitrogens with zero attached hydrogens (tertiary/aromatic N) is 5. The molecule has 204 valence electrons. The zero-order valence-corrected chi connectivity index (χ0v) is 22.3. The largest absolute Gasteiger partial charge is 0.495 e. The Morgan fingerprint density at radius 1 is 1.13 bits per heavy atom. The summed E-state index contributed by atoms with van der Waals surface area (Å²) in [6.45, 7) is 2.22. The second-order valence-electron chi connectivity index (χ2n) is 10.5. The number of benzene rings is 1. The van der Waals surface area contributed by atoms with Gasteiger partial charge in [0.05, 0.1) is 24.6 Å². The van der Waals surface area contributed by atoms with Crippen LogP contribution in [0.1, 0.15) is 55.3 Å². The Hall–Kier alpha value is -3.47. The number of likely N-dealkylation sites (tertiary alicyclic amines) is 1. The molecule has 0 spiro atoms. The Morgan fingerprint density at radius 3 is 2.63 bits per heavy atom. The van der Waals surface area contributed by atoms with Gasteiger partial charge < -0.3 is 30.1 Å². The lowest BCUT2D eigenvalue weighted by molar-refractivity contribution is -0.118. The van der Waals surface area contributed by atoms with Crippen molar-refractivity contribution in [2.24, 2.45) is 0 Å². The summed E-state index contributed by atoms with van der Waals surface area (Å²) in [6, 6.07) is 2.93. The molecule has 1 aliphatic carbocycles. The summed E-state index contributed by atoms with van der Waals surface area (Å²) in [4.78, 5) is 40.6. The number of halogens is 1. The second kappa shape index (κ2) is 11.1. The van der Waals surface area contributed by atoms with Gasteiger partial charge in [0.15, 0.2) is 5.82 Å². The highest BCUT2D eigenvalue weighted by atomic mass is 19.1. The molecular formula is C27H36FN7O3. The van der Waals surface area contributed by atoms with Crippen molar-refractivity contribution in [2.45, 2.75) is 57.0 Å². The van der Waals surface area contributed by atoms with Crippen LogP contribution in [-0.4, -0.2) is 79.6 Å². The number of rotatable bonds is 6. The molecular weight excluding hydrogens is 489 g/mol. The van der Waals surface area contributed by atoms with Crippen LogP contribution >= 0.6 is 0 Å². The average Bonchev–Trinajstić information content (AvgIpc) is 3.28. The molecule has 1 saturated carbocycles. The first-order valence-corrected chi connectivity index (χ1v) is 13.4. The normalized spacial score (nSPS) is 20.7. The highest BCUT2D eigenvalue weighted by Gasteiger charge is 2.31. The number of nitrogens with one attached hydrogen (secondary N) is 2. The molecule has 3 heterocycles. The van der Waals surface area contributed by atoms with Crippen molar-refractivity contribution < 1.29 is 18.7 Å². The number of carbonyl (C=O) groups is 2. The molecule has 2 N–H and O–H groups in total. The minimum atomic E-state index is -0.666. The molecule has 2 amide bonds. The lowest BCUT2D eigenvalue weighted by Crippen LogP contribution is -2.38. The van der Waals surface area contributed by atoms with Crippen molar-refractivity contribution in [3.05, 3.63) is 29.7 Å². The first kappa shape index (κ1) is 26.1. The third-order valence-corrected chi connectivity index (χ3v) is 7.85.